The fourth-order valence-corrected chi connectivity index (χ4v) is 6.53. The van der Waals surface area contributed by atoms with Crippen LogP contribution in [0.4, 0.5) is 13.2 Å². The molecule has 0 saturated carbocycles. The Morgan fingerprint density at radius 1 is 0.977 bits per heavy atom. The largest absolute Gasteiger partial charge is 0.456 e. The fourth-order valence-electron chi connectivity index (χ4n) is 5.16. The van der Waals surface area contributed by atoms with E-state index in [4.69, 9.17) is 9.15 Å². The van der Waals surface area contributed by atoms with Crippen LogP contribution in [0.25, 0.3) is 22.1 Å². The van der Waals surface area contributed by atoms with Gasteiger partial charge in [-0.2, -0.15) is 13.2 Å². The molecular weight excluding hydrogens is 595 g/mol. The molecule has 0 radical (unpaired) electrons. The summed E-state index contributed by atoms with van der Waals surface area (Å²) in [5.74, 6) is -0.655. The zero-order valence-electron chi connectivity index (χ0n) is 24.6. The normalized spacial score (nSPS) is 16.5. The monoisotopic (exact) mass is 629 g/mol. The molecule has 0 bridgehead atoms. The molecule has 2 heterocycles. The van der Waals surface area contributed by atoms with E-state index in [9.17, 15) is 27.0 Å². The van der Waals surface area contributed by atoms with E-state index in [1.54, 1.807) is 55.4 Å². The van der Waals surface area contributed by atoms with Gasteiger partial charge in [-0.25, -0.2) is 13.3 Å². The summed E-state index contributed by atoms with van der Waals surface area (Å²) in [5, 5.41) is 1.13. The van der Waals surface area contributed by atoms with Crippen molar-refractivity contribution in [1.29, 1.82) is 0 Å². The van der Waals surface area contributed by atoms with Crippen LogP contribution in [-0.4, -0.2) is 43.9 Å². The van der Waals surface area contributed by atoms with Crippen molar-refractivity contribution in [2.24, 2.45) is 0 Å². The van der Waals surface area contributed by atoms with Crippen molar-refractivity contribution in [2.75, 3.05) is 6.54 Å². The van der Waals surface area contributed by atoms with Gasteiger partial charge < -0.3 is 14.6 Å². The van der Waals surface area contributed by atoms with Crippen LogP contribution in [0.2, 0.25) is 0 Å². The Labute approximate surface area is 255 Å². The molecule has 1 fully saturated rings. The molecule has 44 heavy (non-hydrogen) atoms. The van der Waals surface area contributed by atoms with Crippen LogP contribution in [0.5, 0.6) is 0 Å². The molecule has 5 rings (SSSR count). The summed E-state index contributed by atoms with van der Waals surface area (Å²) >= 11 is 0. The molecule has 1 saturated heterocycles. The molecule has 1 aromatic heterocycles. The van der Waals surface area contributed by atoms with Crippen LogP contribution < -0.4 is 0 Å². The first-order chi connectivity index (χ1) is 20.3. The van der Waals surface area contributed by atoms with Crippen LogP contribution in [0.3, 0.4) is 0 Å². The van der Waals surface area contributed by atoms with Crippen molar-refractivity contribution >= 4 is 33.7 Å². The van der Waals surface area contributed by atoms with Gasteiger partial charge in [0.15, 0.2) is 16.8 Å². The van der Waals surface area contributed by atoms with E-state index < -0.39 is 40.3 Å². The van der Waals surface area contributed by atoms with Crippen molar-refractivity contribution in [3.8, 4) is 11.1 Å². The molecular formula is C33H34F3NO6S. The van der Waals surface area contributed by atoms with Gasteiger partial charge in [-0.3, -0.25) is 4.79 Å². The average Bonchev–Trinajstić information content (AvgIpc) is 3.62. The molecule has 2 atom stereocenters. The Hall–Kier alpha value is -3.80. The second kappa shape index (κ2) is 13.1. The maximum absolute atomic E-state index is 13.4. The Morgan fingerprint density at radius 3 is 2.34 bits per heavy atom. The lowest BCUT2D eigenvalue weighted by molar-refractivity contribution is -0.137. The minimum absolute atomic E-state index is 0. The highest BCUT2D eigenvalue weighted by Gasteiger charge is 2.36. The van der Waals surface area contributed by atoms with Crippen molar-refractivity contribution in [1.82, 2.24) is 4.31 Å². The van der Waals surface area contributed by atoms with E-state index >= 15 is 0 Å². The Bertz CT molecular complexity index is 1640. The number of carbonyl (C=O) groups is 2. The van der Waals surface area contributed by atoms with Gasteiger partial charge in [0.05, 0.1) is 17.2 Å². The number of nitrogens with zero attached hydrogens (tertiary/aromatic N) is 1. The van der Waals surface area contributed by atoms with Crippen molar-refractivity contribution in [3.05, 3.63) is 89.5 Å². The average molecular weight is 630 g/mol. The predicted molar refractivity (Wildman–Crippen MR) is 161 cm³/mol. The Kier molecular flexibility index (Phi) is 9.82. The molecule has 0 aliphatic carbocycles. The zero-order chi connectivity index (χ0) is 30.9. The molecule has 11 heteroatoms. The molecule has 3 aromatic carbocycles. The number of halogens is 3. The van der Waals surface area contributed by atoms with Gasteiger partial charge in [0, 0.05) is 24.4 Å². The van der Waals surface area contributed by atoms with E-state index in [-0.39, 0.29) is 29.7 Å². The molecule has 0 spiro atoms. The number of carbonyl (C=O) groups excluding carboxylic acids is 2. The second-order valence-electron chi connectivity index (χ2n) is 11.6. The molecule has 4 aromatic rings. The first-order valence-corrected chi connectivity index (χ1v) is 15.1. The smallest absolute Gasteiger partial charge is 0.416 e. The van der Waals surface area contributed by atoms with Crippen LogP contribution >= 0.6 is 0 Å². The Balaban J connectivity index is 0.00000442. The first-order valence-electron chi connectivity index (χ1n) is 14.0. The summed E-state index contributed by atoms with van der Waals surface area (Å²) in [7, 11) is -1.64. The van der Waals surface area contributed by atoms with Crippen LogP contribution in [0.1, 0.15) is 61.5 Å². The number of hydrogen-bond donors (Lipinski definition) is 0. The van der Waals surface area contributed by atoms with Crippen molar-refractivity contribution in [2.45, 2.75) is 69.4 Å². The van der Waals surface area contributed by atoms with Gasteiger partial charge in [0.1, 0.15) is 11.2 Å². The van der Waals surface area contributed by atoms with Gasteiger partial charge in [0.2, 0.25) is 5.09 Å². The Morgan fingerprint density at radius 2 is 1.68 bits per heavy atom. The quantitative estimate of drug-likeness (QED) is 0.196. The van der Waals surface area contributed by atoms with Crippen molar-refractivity contribution in [3.63, 3.8) is 0 Å². The number of Topliss-reactive ketones (excluding diaryl/α,β-unsaturated/α-hetero) is 1. The number of esters is 1. The van der Waals surface area contributed by atoms with Gasteiger partial charge in [-0.05, 0) is 87.1 Å². The maximum atomic E-state index is 13.4. The third-order valence-corrected chi connectivity index (χ3v) is 8.60. The summed E-state index contributed by atoms with van der Waals surface area (Å²) in [4.78, 5) is 26.4. The standard InChI is InChI=1S/C33H32F3NO5S.H2O/c1-32(2,3)42-31(39)25-18-21(17-24(19-25)22-11-13-26(14-12-22)33(34,35)36)10-15-28(38)27-8-6-16-37(27)43(40)30-20-23-7-4-5-9-29(23)41-30;/h4-5,7,9,11-14,17-20,27H,6,8,10,15-16H2,1-3H3;1H2/t27-,43?;/m0./s1. The van der Waals surface area contributed by atoms with Gasteiger partial charge in [-0.1, -0.05) is 36.4 Å². The topological polar surface area (TPSA) is 108 Å². The molecule has 1 aliphatic rings. The molecule has 234 valence electrons. The number of ether oxygens (including phenoxy) is 1. The number of para-hydroxylation sites is 1. The lowest BCUT2D eigenvalue weighted by atomic mass is 9.95. The van der Waals surface area contributed by atoms with Gasteiger partial charge in [-0.15, -0.1) is 0 Å². The number of furan rings is 1. The van der Waals surface area contributed by atoms with Gasteiger partial charge >= 0.3 is 12.1 Å². The summed E-state index contributed by atoms with van der Waals surface area (Å²) in [6, 6.07) is 18.3. The molecule has 2 N–H and O–H groups in total. The number of hydrogen-bond acceptors (Lipinski definition) is 5. The number of fused-ring (bicyclic) bond motifs is 1. The lowest BCUT2D eigenvalue weighted by Crippen LogP contribution is -2.37. The van der Waals surface area contributed by atoms with E-state index in [0.717, 1.165) is 17.5 Å². The highest BCUT2D eigenvalue weighted by molar-refractivity contribution is 7.82. The number of alkyl halides is 3. The minimum atomic E-state index is -4.47. The van der Waals surface area contributed by atoms with Crippen LogP contribution in [0.15, 0.2) is 82.3 Å². The summed E-state index contributed by atoms with van der Waals surface area (Å²) < 4.78 is 65.8. The van der Waals surface area contributed by atoms with Gasteiger partial charge in [0.25, 0.3) is 0 Å². The first kappa shape index (κ1) is 33.1. The number of rotatable bonds is 8. The number of aryl methyl sites for hydroxylation is 1. The lowest BCUT2D eigenvalue weighted by Gasteiger charge is -2.21. The van der Waals surface area contributed by atoms with E-state index in [1.165, 1.54) is 12.1 Å². The highest BCUT2D eigenvalue weighted by Crippen LogP contribution is 2.33. The van der Waals surface area contributed by atoms with E-state index in [1.807, 2.05) is 18.2 Å². The van der Waals surface area contributed by atoms with E-state index in [2.05, 4.69) is 0 Å². The van der Waals surface area contributed by atoms with E-state index in [0.29, 0.717) is 46.8 Å². The third kappa shape index (κ3) is 7.64. The molecule has 1 aliphatic heterocycles. The zero-order valence-corrected chi connectivity index (χ0v) is 25.4. The SMILES string of the molecule is CC(C)(C)OC(=O)c1cc(CCC(=O)[C@@H]2CCCN2S(=O)c2cc3ccccc3o2)cc(-c2ccc(C(F)(F)F)cc2)c1.O. The van der Waals surface area contributed by atoms with Crippen molar-refractivity contribution < 1.29 is 41.6 Å². The third-order valence-electron chi connectivity index (χ3n) is 7.20. The van der Waals surface area contributed by atoms with Crippen LogP contribution in [0, 0.1) is 0 Å². The highest BCUT2D eigenvalue weighted by atomic mass is 32.2. The summed E-state index contributed by atoms with van der Waals surface area (Å²) in [6.45, 7) is 5.72. The predicted octanol–water partition coefficient (Wildman–Crippen LogP) is 6.94. The fraction of sp³-hybridized carbons (Fsp3) is 0.333. The van der Waals surface area contributed by atoms with Crippen LogP contribution in [-0.2, 0) is 33.1 Å². The molecule has 1 unspecified atom stereocenters. The number of ketones is 1. The maximum Gasteiger partial charge on any atom is 0.416 e. The number of benzene rings is 3. The summed E-state index contributed by atoms with van der Waals surface area (Å²) in [5.41, 5.74) is 1.03. The summed E-state index contributed by atoms with van der Waals surface area (Å²) in [6.07, 6.45) is -2.77. The molecule has 7 nitrogen and oxygen atoms in total. The molecule has 0 amide bonds. The second-order valence-corrected chi connectivity index (χ2v) is 13.0. The minimum Gasteiger partial charge on any atom is -0.456 e.